The van der Waals surface area contributed by atoms with Crippen molar-refractivity contribution in [1.29, 1.82) is 0 Å². The van der Waals surface area contributed by atoms with E-state index in [1.165, 1.54) is 16.7 Å². The Labute approximate surface area is 113 Å². The summed E-state index contributed by atoms with van der Waals surface area (Å²) in [7, 11) is 0. The molecule has 1 aromatic rings. The van der Waals surface area contributed by atoms with Gasteiger partial charge in [-0.1, -0.05) is 19.9 Å². The second-order valence-corrected chi connectivity index (χ2v) is 6.16. The Morgan fingerprint density at radius 3 is 2.89 bits per heavy atom. The molecule has 0 fully saturated rings. The van der Waals surface area contributed by atoms with Crippen LogP contribution in [0.5, 0.6) is 5.75 Å². The van der Waals surface area contributed by atoms with Crippen molar-refractivity contribution < 1.29 is 5.11 Å². The van der Waals surface area contributed by atoms with E-state index in [4.69, 9.17) is 5.73 Å². The lowest BCUT2D eigenvalue weighted by atomic mass is 9.83. The Balaban J connectivity index is 2.07. The van der Waals surface area contributed by atoms with Gasteiger partial charge in [-0.25, -0.2) is 5.01 Å². The van der Waals surface area contributed by atoms with Gasteiger partial charge in [-0.3, -0.25) is 0 Å². The minimum atomic E-state index is -0.00666. The number of nitrogens with zero attached hydrogens (tertiary/aromatic N) is 1. The molecule has 0 aromatic heterocycles. The number of nitrogens with one attached hydrogen (secondary N) is 1. The van der Waals surface area contributed by atoms with Gasteiger partial charge in [0, 0.05) is 24.2 Å². The summed E-state index contributed by atoms with van der Waals surface area (Å²) < 4.78 is 0. The van der Waals surface area contributed by atoms with E-state index in [0.29, 0.717) is 5.75 Å². The molecule has 19 heavy (non-hydrogen) atoms. The van der Waals surface area contributed by atoms with E-state index in [1.54, 1.807) is 6.07 Å². The first kappa shape index (κ1) is 12.5. The zero-order chi connectivity index (χ0) is 13.8. The Morgan fingerprint density at radius 1 is 1.47 bits per heavy atom. The van der Waals surface area contributed by atoms with Crippen molar-refractivity contribution >= 4 is 0 Å². The number of phenolic OH excluding ortho intramolecular Hbond substituents is 1. The first-order valence-electron chi connectivity index (χ1n) is 6.73. The number of hydrazine groups is 1. The van der Waals surface area contributed by atoms with Gasteiger partial charge in [0.05, 0.1) is 6.04 Å². The van der Waals surface area contributed by atoms with Crippen molar-refractivity contribution in [3.63, 3.8) is 0 Å². The van der Waals surface area contributed by atoms with Crippen LogP contribution < -0.4 is 11.2 Å². The van der Waals surface area contributed by atoms with Crippen LogP contribution in [0.15, 0.2) is 30.0 Å². The number of hydrogen-bond donors (Lipinski definition) is 3. The molecule has 1 aliphatic heterocycles. The fourth-order valence-electron chi connectivity index (χ4n) is 3.30. The minimum Gasteiger partial charge on any atom is -0.508 e. The highest BCUT2D eigenvalue weighted by molar-refractivity contribution is 5.56. The van der Waals surface area contributed by atoms with Crippen LogP contribution in [0.3, 0.4) is 0 Å². The van der Waals surface area contributed by atoms with E-state index in [0.717, 1.165) is 6.54 Å². The highest BCUT2D eigenvalue weighted by Gasteiger charge is 2.46. The second kappa shape index (κ2) is 3.99. The molecule has 2 unspecified atom stereocenters. The molecular weight excluding hydrogens is 238 g/mol. The van der Waals surface area contributed by atoms with Gasteiger partial charge in [0.2, 0.25) is 0 Å². The predicted molar refractivity (Wildman–Crippen MR) is 75.4 cm³/mol. The fraction of sp³-hybridized carbons (Fsp3) is 0.467. The summed E-state index contributed by atoms with van der Waals surface area (Å²) in [6.45, 7) is 7.23. The third-order valence-corrected chi connectivity index (χ3v) is 4.20. The van der Waals surface area contributed by atoms with Crippen LogP contribution >= 0.6 is 0 Å². The smallest absolute Gasteiger partial charge is 0.115 e. The van der Waals surface area contributed by atoms with Gasteiger partial charge in [0.15, 0.2) is 0 Å². The second-order valence-electron chi connectivity index (χ2n) is 6.16. The summed E-state index contributed by atoms with van der Waals surface area (Å²) in [4.78, 5) is 0. The van der Waals surface area contributed by atoms with Crippen LogP contribution in [-0.4, -0.2) is 22.7 Å². The lowest BCUT2D eigenvalue weighted by Crippen LogP contribution is -2.41. The minimum absolute atomic E-state index is 0.00666. The normalized spacial score (nSPS) is 25.5. The number of hydrogen-bond acceptors (Lipinski definition) is 4. The molecule has 0 amide bonds. The van der Waals surface area contributed by atoms with Gasteiger partial charge in [-0.05, 0) is 35.8 Å². The van der Waals surface area contributed by atoms with E-state index in [2.05, 4.69) is 30.5 Å². The van der Waals surface area contributed by atoms with Crippen LogP contribution in [0, 0.1) is 0 Å². The number of phenols is 1. The Morgan fingerprint density at radius 2 is 2.21 bits per heavy atom. The Bertz CT molecular complexity index is 548. The molecule has 0 saturated heterocycles. The zero-order valence-corrected chi connectivity index (χ0v) is 11.6. The van der Waals surface area contributed by atoms with Crippen molar-refractivity contribution in [1.82, 2.24) is 10.4 Å². The van der Waals surface area contributed by atoms with Crippen LogP contribution in [0.2, 0.25) is 0 Å². The van der Waals surface area contributed by atoms with Crippen molar-refractivity contribution in [3.05, 3.63) is 41.1 Å². The SMILES string of the molecule is CC(N)CN1NC=C2C1c1cc(O)ccc1C2(C)C. The van der Waals surface area contributed by atoms with Gasteiger partial charge in [0.25, 0.3) is 0 Å². The average molecular weight is 259 g/mol. The van der Waals surface area contributed by atoms with Crippen molar-refractivity contribution in [3.8, 4) is 5.75 Å². The summed E-state index contributed by atoms with van der Waals surface area (Å²) >= 11 is 0. The summed E-state index contributed by atoms with van der Waals surface area (Å²) in [5.41, 5.74) is 13.0. The molecule has 102 valence electrons. The van der Waals surface area contributed by atoms with Crippen LogP contribution in [-0.2, 0) is 5.41 Å². The lowest BCUT2D eigenvalue weighted by molar-refractivity contribution is 0.188. The molecule has 4 nitrogen and oxygen atoms in total. The molecule has 0 spiro atoms. The summed E-state index contributed by atoms with van der Waals surface area (Å²) in [6.07, 6.45) is 2.09. The van der Waals surface area contributed by atoms with Crippen molar-refractivity contribution in [2.24, 2.45) is 5.73 Å². The highest BCUT2D eigenvalue weighted by Crippen LogP contribution is 2.53. The summed E-state index contributed by atoms with van der Waals surface area (Å²) in [5.74, 6) is 0.323. The molecule has 4 N–H and O–H groups in total. The molecule has 0 radical (unpaired) electrons. The summed E-state index contributed by atoms with van der Waals surface area (Å²) in [5, 5.41) is 11.9. The van der Waals surface area contributed by atoms with Crippen LogP contribution in [0.1, 0.15) is 37.9 Å². The molecule has 0 bridgehead atoms. The maximum absolute atomic E-state index is 9.77. The summed E-state index contributed by atoms with van der Waals surface area (Å²) in [6, 6.07) is 5.97. The zero-order valence-electron chi connectivity index (χ0n) is 11.6. The molecule has 3 rings (SSSR count). The van der Waals surface area contributed by atoms with Crippen molar-refractivity contribution in [2.45, 2.75) is 38.3 Å². The van der Waals surface area contributed by atoms with E-state index < -0.39 is 0 Å². The first-order valence-corrected chi connectivity index (χ1v) is 6.73. The molecular formula is C15H21N3O. The highest BCUT2D eigenvalue weighted by atomic mass is 16.3. The largest absolute Gasteiger partial charge is 0.508 e. The number of nitrogens with two attached hydrogens (primary N) is 1. The number of benzene rings is 1. The molecule has 1 aliphatic carbocycles. The van der Waals surface area contributed by atoms with Gasteiger partial charge in [0.1, 0.15) is 5.75 Å². The number of rotatable bonds is 2. The maximum Gasteiger partial charge on any atom is 0.115 e. The van der Waals surface area contributed by atoms with Crippen LogP contribution in [0.25, 0.3) is 0 Å². The van der Waals surface area contributed by atoms with Crippen molar-refractivity contribution in [2.75, 3.05) is 6.54 Å². The molecule has 2 aliphatic rings. The Hall–Kier alpha value is -1.52. The van der Waals surface area contributed by atoms with E-state index in [1.807, 2.05) is 19.1 Å². The molecule has 4 heteroatoms. The van der Waals surface area contributed by atoms with E-state index in [-0.39, 0.29) is 17.5 Å². The standard InChI is InChI=1S/C15H21N3O/c1-9(16)8-18-14-11-6-10(19)4-5-12(11)15(2,3)13(14)7-17-18/h4-7,9,14,17,19H,8,16H2,1-3H3. The first-order chi connectivity index (χ1) is 8.91. The third kappa shape index (κ3) is 1.75. The maximum atomic E-state index is 9.77. The Kier molecular flexibility index (Phi) is 2.62. The topological polar surface area (TPSA) is 61.5 Å². The molecule has 1 aromatic carbocycles. The molecule has 2 atom stereocenters. The third-order valence-electron chi connectivity index (χ3n) is 4.20. The average Bonchev–Trinajstić information content (AvgIpc) is 2.79. The van der Waals surface area contributed by atoms with E-state index in [9.17, 15) is 5.11 Å². The molecule has 0 saturated carbocycles. The van der Waals surface area contributed by atoms with Gasteiger partial charge < -0.3 is 16.3 Å². The number of aromatic hydroxyl groups is 1. The fourth-order valence-corrected chi connectivity index (χ4v) is 3.30. The monoisotopic (exact) mass is 259 g/mol. The van der Waals surface area contributed by atoms with Crippen LogP contribution in [0.4, 0.5) is 0 Å². The van der Waals surface area contributed by atoms with Gasteiger partial charge in [-0.15, -0.1) is 0 Å². The predicted octanol–water partition coefficient (Wildman–Crippen LogP) is 1.78. The molecule has 1 heterocycles. The quantitative estimate of drug-likeness (QED) is 0.757. The van der Waals surface area contributed by atoms with E-state index >= 15 is 0 Å². The van der Waals surface area contributed by atoms with Gasteiger partial charge >= 0.3 is 0 Å². The number of fused-ring (bicyclic) bond motifs is 3. The van der Waals surface area contributed by atoms with Gasteiger partial charge in [-0.2, -0.15) is 0 Å². The lowest BCUT2D eigenvalue weighted by Gasteiger charge is -2.26.